The topological polar surface area (TPSA) is 134 Å². The summed E-state index contributed by atoms with van der Waals surface area (Å²) in [7, 11) is 0. The number of esters is 1. The molecule has 0 atom stereocenters. The minimum atomic E-state index is -0.579. The number of nitro groups is 1. The van der Waals surface area contributed by atoms with E-state index in [-0.39, 0.29) is 18.7 Å². The fourth-order valence-electron chi connectivity index (χ4n) is 2.69. The van der Waals surface area contributed by atoms with Crippen LogP contribution in [-0.4, -0.2) is 28.0 Å². The number of anilines is 1. The summed E-state index contributed by atoms with van der Waals surface area (Å²) in [6.45, 7) is -0.204. The molecule has 0 radical (unpaired) electrons. The Morgan fingerprint density at radius 3 is 2.59 bits per heavy atom. The van der Waals surface area contributed by atoms with Crippen LogP contribution in [-0.2, 0) is 20.9 Å². The second-order valence-corrected chi connectivity index (χ2v) is 6.10. The Morgan fingerprint density at radius 1 is 1.14 bits per heavy atom. The maximum atomic E-state index is 11.9. The van der Waals surface area contributed by atoms with Crippen LogP contribution in [0.5, 0.6) is 0 Å². The molecule has 0 aliphatic heterocycles. The van der Waals surface area contributed by atoms with E-state index in [2.05, 4.69) is 5.32 Å². The molecule has 10 nitrogen and oxygen atoms in total. The van der Waals surface area contributed by atoms with Gasteiger partial charge in [0.2, 0.25) is 0 Å². The summed E-state index contributed by atoms with van der Waals surface area (Å²) in [6, 6.07) is 12.2. The quantitative estimate of drug-likeness (QED) is 0.349. The molecule has 1 amide bonds. The summed E-state index contributed by atoms with van der Waals surface area (Å²) in [5.74, 6) is -1.64. The molecular weight excluding hydrogens is 382 g/mol. The Bertz CT molecular complexity index is 1100. The number of ether oxygens (including phenoxy) is 1. The van der Waals surface area contributed by atoms with Gasteiger partial charge in [-0.3, -0.25) is 24.3 Å². The standard InChI is InChI=1S/C19H17N3O7/c23-17(20-13-7-9-14(10-8-13)22(26)27)12-28-18(24)6-3-11-21-15-4-1-2-5-16(15)29-19(21)25/h1-2,4-5,7-10H,3,6,11-12H2,(H,20,23). The molecule has 0 saturated carbocycles. The predicted molar refractivity (Wildman–Crippen MR) is 102 cm³/mol. The molecule has 10 heteroatoms. The summed E-state index contributed by atoms with van der Waals surface area (Å²) in [4.78, 5) is 45.5. The van der Waals surface area contributed by atoms with E-state index >= 15 is 0 Å². The van der Waals surface area contributed by atoms with Crippen LogP contribution in [0.2, 0.25) is 0 Å². The van der Waals surface area contributed by atoms with E-state index < -0.39 is 29.2 Å². The second kappa shape index (κ2) is 8.83. The molecule has 29 heavy (non-hydrogen) atoms. The van der Waals surface area contributed by atoms with Crippen LogP contribution in [0.4, 0.5) is 11.4 Å². The van der Waals surface area contributed by atoms with E-state index in [1.807, 2.05) is 0 Å². The van der Waals surface area contributed by atoms with Gasteiger partial charge in [-0.2, -0.15) is 0 Å². The van der Waals surface area contributed by atoms with Gasteiger partial charge in [0.25, 0.3) is 11.6 Å². The van der Waals surface area contributed by atoms with Crippen molar-refractivity contribution in [3.05, 3.63) is 69.2 Å². The van der Waals surface area contributed by atoms with Crippen molar-refractivity contribution in [3.8, 4) is 0 Å². The lowest BCUT2D eigenvalue weighted by atomic mass is 10.3. The summed E-state index contributed by atoms with van der Waals surface area (Å²) in [5.41, 5.74) is 1.37. The molecule has 0 spiro atoms. The molecule has 0 aliphatic rings. The number of rotatable bonds is 8. The van der Waals surface area contributed by atoms with E-state index in [0.29, 0.717) is 23.2 Å². The minimum Gasteiger partial charge on any atom is -0.456 e. The number of non-ortho nitro benzene ring substituents is 1. The molecule has 1 N–H and O–H groups in total. The van der Waals surface area contributed by atoms with Crippen LogP contribution in [0, 0.1) is 10.1 Å². The Labute approximate surface area is 163 Å². The van der Waals surface area contributed by atoms with Crippen LogP contribution in [0.15, 0.2) is 57.7 Å². The zero-order valence-electron chi connectivity index (χ0n) is 15.2. The summed E-state index contributed by atoms with van der Waals surface area (Å²) in [5, 5.41) is 13.1. The first kappa shape index (κ1) is 19.8. The zero-order chi connectivity index (χ0) is 20.8. The Hall–Kier alpha value is -3.95. The lowest BCUT2D eigenvalue weighted by molar-refractivity contribution is -0.384. The van der Waals surface area contributed by atoms with Gasteiger partial charge in [0.05, 0.1) is 10.4 Å². The number of amides is 1. The number of para-hydroxylation sites is 2. The molecule has 0 unspecified atom stereocenters. The molecular formula is C19H17N3O7. The first-order valence-electron chi connectivity index (χ1n) is 8.72. The predicted octanol–water partition coefficient (Wildman–Crippen LogP) is 2.46. The number of nitrogens with one attached hydrogen (secondary N) is 1. The number of nitrogens with zero attached hydrogens (tertiary/aromatic N) is 2. The zero-order valence-corrected chi connectivity index (χ0v) is 15.2. The largest absolute Gasteiger partial charge is 0.456 e. The third-order valence-corrected chi connectivity index (χ3v) is 4.06. The number of carbonyl (C=O) groups is 2. The van der Waals surface area contributed by atoms with Crippen LogP contribution in [0.25, 0.3) is 11.1 Å². The molecule has 0 fully saturated rings. The molecule has 1 heterocycles. The molecule has 0 saturated heterocycles. The summed E-state index contributed by atoms with van der Waals surface area (Å²) >= 11 is 0. The molecule has 0 aliphatic carbocycles. The molecule has 2 aromatic carbocycles. The van der Waals surface area contributed by atoms with Gasteiger partial charge in [0, 0.05) is 30.8 Å². The Kier molecular flexibility index (Phi) is 6.03. The normalized spacial score (nSPS) is 10.6. The molecule has 150 valence electrons. The van der Waals surface area contributed by atoms with Crippen LogP contribution in [0.3, 0.4) is 0 Å². The van der Waals surface area contributed by atoms with Gasteiger partial charge in [-0.15, -0.1) is 0 Å². The van der Waals surface area contributed by atoms with Gasteiger partial charge in [-0.05, 0) is 30.7 Å². The van der Waals surface area contributed by atoms with Crippen molar-refractivity contribution < 1.29 is 23.7 Å². The summed E-state index contributed by atoms with van der Waals surface area (Å²) in [6.07, 6.45) is 0.364. The highest BCUT2D eigenvalue weighted by atomic mass is 16.6. The third kappa shape index (κ3) is 5.06. The second-order valence-electron chi connectivity index (χ2n) is 6.10. The van der Waals surface area contributed by atoms with Gasteiger partial charge in [-0.1, -0.05) is 12.1 Å². The fraction of sp³-hybridized carbons (Fsp3) is 0.211. The maximum absolute atomic E-state index is 11.9. The number of fused-ring (bicyclic) bond motifs is 1. The minimum absolute atomic E-state index is 0.0246. The summed E-state index contributed by atoms with van der Waals surface area (Å²) < 4.78 is 11.5. The number of aryl methyl sites for hydroxylation is 1. The van der Waals surface area contributed by atoms with Crippen molar-refractivity contribution in [2.75, 3.05) is 11.9 Å². The highest BCUT2D eigenvalue weighted by molar-refractivity contribution is 5.92. The van der Waals surface area contributed by atoms with Gasteiger partial charge in [-0.25, -0.2) is 4.79 Å². The van der Waals surface area contributed by atoms with Crippen molar-refractivity contribution >= 4 is 34.4 Å². The number of aromatic nitrogens is 1. The van der Waals surface area contributed by atoms with E-state index in [9.17, 15) is 24.5 Å². The maximum Gasteiger partial charge on any atom is 0.419 e. The van der Waals surface area contributed by atoms with E-state index in [1.54, 1.807) is 24.3 Å². The number of hydrogen-bond donors (Lipinski definition) is 1. The highest BCUT2D eigenvalue weighted by Crippen LogP contribution is 2.15. The van der Waals surface area contributed by atoms with Crippen molar-refractivity contribution in [2.24, 2.45) is 0 Å². The molecule has 0 bridgehead atoms. The number of carbonyl (C=O) groups excluding carboxylic acids is 2. The molecule has 3 rings (SSSR count). The molecule has 3 aromatic rings. The number of oxazole rings is 1. The number of nitro benzene ring substituents is 1. The van der Waals surface area contributed by atoms with Crippen molar-refractivity contribution in [3.63, 3.8) is 0 Å². The highest BCUT2D eigenvalue weighted by Gasteiger charge is 2.12. The van der Waals surface area contributed by atoms with E-state index in [4.69, 9.17) is 9.15 Å². The van der Waals surface area contributed by atoms with E-state index in [0.717, 1.165) is 0 Å². The third-order valence-electron chi connectivity index (χ3n) is 4.06. The van der Waals surface area contributed by atoms with Crippen molar-refractivity contribution in [2.45, 2.75) is 19.4 Å². The van der Waals surface area contributed by atoms with Crippen LogP contribution in [0.1, 0.15) is 12.8 Å². The first-order valence-corrected chi connectivity index (χ1v) is 8.72. The monoisotopic (exact) mass is 399 g/mol. The average molecular weight is 399 g/mol. The van der Waals surface area contributed by atoms with Crippen LogP contribution >= 0.6 is 0 Å². The SMILES string of the molecule is O=C(COC(=O)CCCn1c(=O)oc2ccccc21)Nc1ccc([N+](=O)[O-])cc1. The average Bonchev–Trinajstić information content (AvgIpc) is 3.02. The first-order chi connectivity index (χ1) is 13.9. The van der Waals surface area contributed by atoms with Gasteiger partial charge >= 0.3 is 11.7 Å². The lowest BCUT2D eigenvalue weighted by Crippen LogP contribution is -2.21. The van der Waals surface area contributed by atoms with Gasteiger partial charge in [0.15, 0.2) is 12.2 Å². The van der Waals surface area contributed by atoms with Crippen molar-refractivity contribution in [1.82, 2.24) is 4.57 Å². The lowest BCUT2D eigenvalue weighted by Gasteiger charge is -2.07. The number of benzene rings is 2. The van der Waals surface area contributed by atoms with E-state index in [1.165, 1.54) is 28.8 Å². The Morgan fingerprint density at radius 2 is 1.86 bits per heavy atom. The fourth-order valence-corrected chi connectivity index (χ4v) is 2.69. The molecule has 1 aromatic heterocycles. The van der Waals surface area contributed by atoms with Gasteiger partial charge < -0.3 is 14.5 Å². The smallest absolute Gasteiger partial charge is 0.419 e. The van der Waals surface area contributed by atoms with Gasteiger partial charge in [0.1, 0.15) is 0 Å². The van der Waals surface area contributed by atoms with Crippen molar-refractivity contribution in [1.29, 1.82) is 0 Å². The Balaban J connectivity index is 1.42. The number of hydrogen-bond acceptors (Lipinski definition) is 7. The van der Waals surface area contributed by atoms with Crippen LogP contribution < -0.4 is 11.1 Å².